The zero-order valence-electron chi connectivity index (χ0n) is 7.81. The van der Waals surface area contributed by atoms with Gasteiger partial charge in [0.1, 0.15) is 5.78 Å². The third-order valence-electron chi connectivity index (χ3n) is 3.50. The maximum Gasteiger partial charge on any atom is 0.143 e. The van der Waals surface area contributed by atoms with Crippen LogP contribution in [0.2, 0.25) is 0 Å². The highest BCUT2D eigenvalue weighted by Gasteiger charge is 2.44. The number of rotatable bonds is 1. The van der Waals surface area contributed by atoms with Crippen molar-refractivity contribution in [3.05, 3.63) is 11.6 Å². The van der Waals surface area contributed by atoms with Gasteiger partial charge in [0.25, 0.3) is 0 Å². The lowest BCUT2D eigenvalue weighted by molar-refractivity contribution is -0.124. The maximum atomic E-state index is 11.9. The van der Waals surface area contributed by atoms with Crippen LogP contribution in [0.15, 0.2) is 11.6 Å². The third-order valence-corrected chi connectivity index (χ3v) is 4.32. The predicted molar refractivity (Wildman–Crippen MR) is 62.1 cm³/mol. The van der Waals surface area contributed by atoms with Crippen LogP contribution in [-0.4, -0.2) is 10.2 Å². The topological polar surface area (TPSA) is 17.1 Å². The molecule has 1 unspecified atom stereocenters. The van der Waals surface area contributed by atoms with Crippen LogP contribution < -0.4 is 0 Å². The molecule has 1 atom stereocenters. The van der Waals surface area contributed by atoms with E-state index in [0.29, 0.717) is 5.78 Å². The SMILES string of the molecule is O=C1CCCC12CCCC=C2CI. The lowest BCUT2D eigenvalue weighted by Gasteiger charge is -2.33. The molecule has 13 heavy (non-hydrogen) atoms. The fraction of sp³-hybridized carbons (Fsp3) is 0.727. The van der Waals surface area contributed by atoms with Crippen LogP contribution >= 0.6 is 22.6 Å². The molecule has 2 heteroatoms. The van der Waals surface area contributed by atoms with Crippen LogP contribution in [0.5, 0.6) is 0 Å². The van der Waals surface area contributed by atoms with Gasteiger partial charge in [0.05, 0.1) is 5.41 Å². The second kappa shape index (κ2) is 3.71. The van der Waals surface area contributed by atoms with Crippen molar-refractivity contribution in [2.24, 2.45) is 5.41 Å². The molecule has 1 saturated carbocycles. The van der Waals surface area contributed by atoms with E-state index in [9.17, 15) is 4.79 Å². The van der Waals surface area contributed by atoms with Crippen LogP contribution in [0.3, 0.4) is 0 Å². The lowest BCUT2D eigenvalue weighted by Crippen LogP contribution is -2.30. The minimum Gasteiger partial charge on any atom is -0.299 e. The van der Waals surface area contributed by atoms with E-state index in [1.807, 2.05) is 0 Å². The Labute approximate surface area is 93.1 Å². The van der Waals surface area contributed by atoms with E-state index in [1.54, 1.807) is 0 Å². The molecule has 0 bridgehead atoms. The second-order valence-electron chi connectivity index (χ2n) is 4.11. The number of carbonyl (C=O) groups excluding carboxylic acids is 1. The summed E-state index contributed by atoms with van der Waals surface area (Å²) in [5, 5.41) is 0. The zero-order valence-corrected chi connectivity index (χ0v) is 9.97. The Bertz CT molecular complexity index is 257. The Kier molecular flexibility index (Phi) is 2.77. The average Bonchev–Trinajstić information content (AvgIpc) is 2.50. The Hall–Kier alpha value is 0.140. The first-order chi connectivity index (χ1) is 6.29. The molecule has 0 radical (unpaired) electrons. The number of allylic oxidation sites excluding steroid dienone is 2. The molecule has 0 aromatic rings. The third kappa shape index (κ3) is 1.47. The molecular formula is C11H15IO. The molecule has 0 amide bonds. The van der Waals surface area contributed by atoms with Gasteiger partial charge in [-0.05, 0) is 32.1 Å². The number of ketones is 1. The molecule has 72 valence electrons. The summed E-state index contributed by atoms with van der Waals surface area (Å²) in [4.78, 5) is 11.9. The number of alkyl halides is 1. The van der Waals surface area contributed by atoms with Crippen molar-refractivity contribution in [1.82, 2.24) is 0 Å². The van der Waals surface area contributed by atoms with Gasteiger partial charge in [0, 0.05) is 10.8 Å². The molecule has 0 saturated heterocycles. The Morgan fingerprint density at radius 3 is 2.77 bits per heavy atom. The molecule has 1 fully saturated rings. The number of carbonyl (C=O) groups is 1. The van der Waals surface area contributed by atoms with Gasteiger partial charge in [-0.25, -0.2) is 0 Å². The van der Waals surface area contributed by atoms with Crippen LogP contribution in [0.1, 0.15) is 38.5 Å². The number of hydrogen-bond donors (Lipinski definition) is 0. The highest BCUT2D eigenvalue weighted by atomic mass is 127. The van der Waals surface area contributed by atoms with E-state index in [0.717, 1.165) is 30.1 Å². The van der Waals surface area contributed by atoms with E-state index in [-0.39, 0.29) is 5.41 Å². The molecule has 0 aromatic heterocycles. The quantitative estimate of drug-likeness (QED) is 0.411. The monoisotopic (exact) mass is 290 g/mol. The van der Waals surface area contributed by atoms with E-state index < -0.39 is 0 Å². The summed E-state index contributed by atoms with van der Waals surface area (Å²) < 4.78 is 1.05. The minimum atomic E-state index is 0.0133. The molecule has 0 N–H and O–H groups in total. The van der Waals surface area contributed by atoms with Crippen molar-refractivity contribution < 1.29 is 4.79 Å². The van der Waals surface area contributed by atoms with Crippen LogP contribution in [-0.2, 0) is 4.79 Å². The molecule has 0 aliphatic heterocycles. The fourth-order valence-electron chi connectivity index (χ4n) is 2.75. The smallest absolute Gasteiger partial charge is 0.143 e. The van der Waals surface area contributed by atoms with Crippen molar-refractivity contribution in [3.63, 3.8) is 0 Å². The minimum absolute atomic E-state index is 0.0133. The summed E-state index contributed by atoms with van der Waals surface area (Å²) in [6.07, 6.45) is 8.92. The Balaban J connectivity index is 2.33. The van der Waals surface area contributed by atoms with Crippen molar-refractivity contribution in [3.8, 4) is 0 Å². The molecule has 2 rings (SSSR count). The first kappa shape index (κ1) is 9.69. The number of Topliss-reactive ketones (excluding diaryl/α,β-unsaturated/α-hetero) is 1. The van der Waals surface area contributed by atoms with E-state index in [1.165, 1.54) is 18.4 Å². The number of hydrogen-bond acceptors (Lipinski definition) is 1. The van der Waals surface area contributed by atoms with Crippen molar-refractivity contribution in [2.45, 2.75) is 38.5 Å². The Morgan fingerprint density at radius 2 is 2.15 bits per heavy atom. The van der Waals surface area contributed by atoms with Crippen molar-refractivity contribution >= 4 is 28.4 Å². The highest BCUT2D eigenvalue weighted by Crippen LogP contribution is 2.48. The summed E-state index contributed by atoms with van der Waals surface area (Å²) in [6, 6.07) is 0. The number of halogens is 1. The molecule has 0 heterocycles. The van der Waals surface area contributed by atoms with E-state index in [4.69, 9.17) is 0 Å². The van der Waals surface area contributed by atoms with Gasteiger partial charge in [-0.15, -0.1) is 0 Å². The van der Waals surface area contributed by atoms with E-state index in [2.05, 4.69) is 28.7 Å². The zero-order chi connectivity index (χ0) is 9.31. The van der Waals surface area contributed by atoms with Gasteiger partial charge >= 0.3 is 0 Å². The molecular weight excluding hydrogens is 275 g/mol. The summed E-state index contributed by atoms with van der Waals surface area (Å²) in [5.74, 6) is 0.523. The predicted octanol–water partition coefficient (Wildman–Crippen LogP) is 3.27. The highest BCUT2D eigenvalue weighted by molar-refractivity contribution is 14.1. The summed E-state index contributed by atoms with van der Waals surface area (Å²) in [6.45, 7) is 0. The van der Waals surface area contributed by atoms with Crippen molar-refractivity contribution in [1.29, 1.82) is 0 Å². The normalized spacial score (nSPS) is 33.9. The molecule has 1 nitrogen and oxygen atoms in total. The van der Waals surface area contributed by atoms with Gasteiger partial charge in [0.15, 0.2) is 0 Å². The van der Waals surface area contributed by atoms with Gasteiger partial charge in [-0.2, -0.15) is 0 Å². The van der Waals surface area contributed by atoms with Gasteiger partial charge in [-0.3, -0.25) is 4.79 Å². The molecule has 1 spiro atoms. The fourth-order valence-corrected chi connectivity index (χ4v) is 3.79. The standard InChI is InChI=1S/C11H15IO/c12-8-9-4-1-2-6-11(9)7-3-5-10(11)13/h4H,1-3,5-8H2. The maximum absolute atomic E-state index is 11.9. The first-order valence-corrected chi connectivity index (χ1v) is 6.61. The Morgan fingerprint density at radius 1 is 1.38 bits per heavy atom. The van der Waals surface area contributed by atoms with Crippen molar-refractivity contribution in [2.75, 3.05) is 4.43 Å². The summed E-state index contributed by atoms with van der Waals surface area (Å²) in [7, 11) is 0. The average molecular weight is 290 g/mol. The first-order valence-electron chi connectivity index (χ1n) is 5.08. The van der Waals surface area contributed by atoms with Crippen LogP contribution in [0.4, 0.5) is 0 Å². The van der Waals surface area contributed by atoms with Gasteiger partial charge in [0.2, 0.25) is 0 Å². The summed E-state index contributed by atoms with van der Waals surface area (Å²) in [5.41, 5.74) is 1.45. The molecule has 0 aromatic carbocycles. The lowest BCUT2D eigenvalue weighted by atomic mass is 9.71. The molecule has 2 aliphatic carbocycles. The van der Waals surface area contributed by atoms with Crippen LogP contribution in [0.25, 0.3) is 0 Å². The van der Waals surface area contributed by atoms with Gasteiger partial charge in [-0.1, -0.05) is 34.2 Å². The summed E-state index contributed by atoms with van der Waals surface area (Å²) >= 11 is 2.40. The van der Waals surface area contributed by atoms with Crippen LogP contribution in [0, 0.1) is 5.41 Å². The molecule has 2 aliphatic rings. The van der Waals surface area contributed by atoms with Gasteiger partial charge < -0.3 is 0 Å². The second-order valence-corrected chi connectivity index (χ2v) is 4.88. The largest absolute Gasteiger partial charge is 0.299 e. The van der Waals surface area contributed by atoms with E-state index >= 15 is 0 Å².